The smallest absolute Gasteiger partial charge is 0.279 e. The Bertz CT molecular complexity index is 385. The Kier molecular flexibility index (Phi) is 4.87. The van der Waals surface area contributed by atoms with Crippen molar-refractivity contribution in [1.82, 2.24) is 14.3 Å². The summed E-state index contributed by atoms with van der Waals surface area (Å²) in [6.07, 6.45) is 4.29. The predicted molar refractivity (Wildman–Crippen MR) is 77.1 cm³/mol. The van der Waals surface area contributed by atoms with Crippen LogP contribution < -0.4 is 10.0 Å². The third-order valence-electron chi connectivity index (χ3n) is 4.15. The summed E-state index contributed by atoms with van der Waals surface area (Å²) in [6.45, 7) is 7.03. The third-order valence-corrected chi connectivity index (χ3v) is 5.86. The van der Waals surface area contributed by atoms with E-state index in [1.54, 1.807) is 4.31 Å². The molecule has 2 unspecified atom stereocenters. The van der Waals surface area contributed by atoms with Crippen molar-refractivity contribution in [2.45, 2.75) is 64.6 Å². The van der Waals surface area contributed by atoms with Crippen LogP contribution in [-0.2, 0) is 10.2 Å². The van der Waals surface area contributed by atoms with Gasteiger partial charge in [0.1, 0.15) is 0 Å². The lowest BCUT2D eigenvalue weighted by atomic mass is 10.00. The third kappa shape index (κ3) is 3.68. The van der Waals surface area contributed by atoms with Gasteiger partial charge in [-0.1, -0.05) is 20.8 Å². The summed E-state index contributed by atoms with van der Waals surface area (Å²) >= 11 is 0. The molecule has 0 amide bonds. The number of fused-ring (bicyclic) bond motifs is 2. The molecule has 0 aliphatic carbocycles. The highest BCUT2D eigenvalue weighted by atomic mass is 32.2. The summed E-state index contributed by atoms with van der Waals surface area (Å²) in [5, 5.41) is 3.56. The van der Waals surface area contributed by atoms with E-state index in [2.05, 4.69) is 10.0 Å². The summed E-state index contributed by atoms with van der Waals surface area (Å²) in [7, 11) is -3.33. The number of piperidine rings is 1. The second kappa shape index (κ2) is 6.08. The van der Waals surface area contributed by atoms with Crippen LogP contribution in [0.25, 0.3) is 0 Å². The van der Waals surface area contributed by atoms with Crippen LogP contribution in [0.5, 0.6) is 0 Å². The zero-order chi connectivity index (χ0) is 14.0. The van der Waals surface area contributed by atoms with Crippen molar-refractivity contribution in [3.8, 4) is 0 Å². The van der Waals surface area contributed by atoms with Crippen LogP contribution in [0.3, 0.4) is 0 Å². The van der Waals surface area contributed by atoms with Gasteiger partial charge in [-0.25, -0.2) is 4.72 Å². The van der Waals surface area contributed by atoms with Crippen LogP contribution in [0.4, 0.5) is 0 Å². The Balaban J connectivity index is 2.02. The molecule has 0 spiro atoms. The van der Waals surface area contributed by atoms with Crippen molar-refractivity contribution >= 4 is 10.2 Å². The molecule has 6 heteroatoms. The van der Waals surface area contributed by atoms with Crippen LogP contribution >= 0.6 is 0 Å². The minimum absolute atomic E-state index is 0.161. The number of nitrogens with one attached hydrogen (secondary N) is 2. The molecule has 2 aliphatic heterocycles. The van der Waals surface area contributed by atoms with Crippen LogP contribution in [0.2, 0.25) is 0 Å². The zero-order valence-electron chi connectivity index (χ0n) is 12.2. The molecular weight excluding hydrogens is 262 g/mol. The molecule has 2 fully saturated rings. The van der Waals surface area contributed by atoms with Gasteiger partial charge in [0.25, 0.3) is 10.2 Å². The van der Waals surface area contributed by atoms with Gasteiger partial charge in [-0.2, -0.15) is 12.7 Å². The van der Waals surface area contributed by atoms with Gasteiger partial charge >= 0.3 is 0 Å². The van der Waals surface area contributed by atoms with Crippen molar-refractivity contribution in [3.05, 3.63) is 0 Å². The fraction of sp³-hybridized carbons (Fsp3) is 1.00. The van der Waals surface area contributed by atoms with Crippen molar-refractivity contribution in [2.75, 3.05) is 13.1 Å². The highest BCUT2D eigenvalue weighted by molar-refractivity contribution is 7.87. The fourth-order valence-electron chi connectivity index (χ4n) is 3.24. The molecule has 2 N–H and O–H groups in total. The number of hydrogen-bond donors (Lipinski definition) is 2. The first-order valence-electron chi connectivity index (χ1n) is 7.44. The van der Waals surface area contributed by atoms with Gasteiger partial charge in [0.2, 0.25) is 0 Å². The Morgan fingerprint density at radius 3 is 2.32 bits per heavy atom. The molecule has 112 valence electrons. The number of rotatable bonds is 6. The second-order valence-electron chi connectivity index (χ2n) is 6.21. The first-order chi connectivity index (χ1) is 8.92. The average molecular weight is 289 g/mol. The number of hydrogen-bond acceptors (Lipinski definition) is 3. The maximum Gasteiger partial charge on any atom is 0.279 e. The lowest BCUT2D eigenvalue weighted by Gasteiger charge is -2.36. The van der Waals surface area contributed by atoms with Crippen molar-refractivity contribution < 1.29 is 8.42 Å². The summed E-state index contributed by atoms with van der Waals surface area (Å²) < 4.78 is 29.2. The van der Waals surface area contributed by atoms with E-state index in [0.29, 0.717) is 31.1 Å². The van der Waals surface area contributed by atoms with Crippen molar-refractivity contribution in [1.29, 1.82) is 0 Å². The molecule has 5 nitrogen and oxygen atoms in total. The van der Waals surface area contributed by atoms with E-state index in [1.807, 2.05) is 20.8 Å². The van der Waals surface area contributed by atoms with E-state index < -0.39 is 10.2 Å². The quantitative estimate of drug-likeness (QED) is 0.769. The minimum Gasteiger partial charge on any atom is -0.311 e. The molecule has 0 radical (unpaired) electrons. The van der Waals surface area contributed by atoms with E-state index in [4.69, 9.17) is 0 Å². The predicted octanol–water partition coefficient (Wildman–Crippen LogP) is 1.08. The second-order valence-corrected chi connectivity index (χ2v) is 7.92. The molecule has 2 saturated heterocycles. The number of nitrogens with zero attached hydrogens (tertiary/aromatic N) is 1. The van der Waals surface area contributed by atoms with Crippen molar-refractivity contribution in [3.63, 3.8) is 0 Å². The van der Waals surface area contributed by atoms with Gasteiger partial charge in [-0.05, 0) is 31.6 Å². The first kappa shape index (κ1) is 15.2. The molecule has 2 heterocycles. The van der Waals surface area contributed by atoms with Crippen LogP contribution in [0.1, 0.15) is 46.5 Å². The van der Waals surface area contributed by atoms with Crippen LogP contribution in [0, 0.1) is 5.92 Å². The monoisotopic (exact) mass is 289 g/mol. The average Bonchev–Trinajstić information content (AvgIpc) is 2.67. The van der Waals surface area contributed by atoms with Gasteiger partial charge in [-0.15, -0.1) is 0 Å². The highest BCUT2D eigenvalue weighted by Crippen LogP contribution is 2.30. The Morgan fingerprint density at radius 1 is 1.26 bits per heavy atom. The van der Waals surface area contributed by atoms with Gasteiger partial charge in [0.05, 0.1) is 0 Å². The lowest BCUT2D eigenvalue weighted by molar-refractivity contribution is 0.230. The van der Waals surface area contributed by atoms with E-state index in [9.17, 15) is 8.42 Å². The summed E-state index contributed by atoms with van der Waals surface area (Å²) in [5.41, 5.74) is 0. The van der Waals surface area contributed by atoms with Gasteiger partial charge in [0, 0.05) is 31.2 Å². The van der Waals surface area contributed by atoms with E-state index >= 15 is 0 Å². The molecule has 2 atom stereocenters. The molecule has 0 aromatic carbocycles. The Hall–Kier alpha value is -0.170. The summed E-state index contributed by atoms with van der Waals surface area (Å²) in [5.74, 6) is 0.331. The largest absolute Gasteiger partial charge is 0.311 e. The first-order valence-corrected chi connectivity index (χ1v) is 8.88. The van der Waals surface area contributed by atoms with Gasteiger partial charge in [-0.3, -0.25) is 0 Å². The zero-order valence-corrected chi connectivity index (χ0v) is 13.0. The molecule has 2 rings (SSSR count). The molecule has 0 aromatic heterocycles. The topological polar surface area (TPSA) is 61.4 Å². The minimum atomic E-state index is -3.33. The maximum absolute atomic E-state index is 12.4. The SMILES string of the molecule is CCN(C1CC2CCC(C1)N2)S(=O)(=O)NCC(C)C. The maximum atomic E-state index is 12.4. The van der Waals surface area contributed by atoms with Gasteiger partial charge < -0.3 is 5.32 Å². The molecule has 0 aromatic rings. The molecule has 19 heavy (non-hydrogen) atoms. The Morgan fingerprint density at radius 2 is 1.84 bits per heavy atom. The van der Waals surface area contributed by atoms with E-state index in [-0.39, 0.29) is 6.04 Å². The van der Waals surface area contributed by atoms with Crippen LogP contribution in [0.15, 0.2) is 0 Å². The molecular formula is C13H27N3O2S. The molecule has 2 aliphatic rings. The molecule has 0 saturated carbocycles. The standard InChI is InChI=1S/C13H27N3O2S/c1-4-16(19(17,18)14-9-10(2)3)13-7-11-5-6-12(8-13)15-11/h10-15H,4-9H2,1-3H3. The summed E-state index contributed by atoms with van der Waals surface area (Å²) in [6, 6.07) is 1.18. The Labute approximate surface area is 117 Å². The summed E-state index contributed by atoms with van der Waals surface area (Å²) in [4.78, 5) is 0. The molecule has 2 bridgehead atoms. The van der Waals surface area contributed by atoms with Crippen LogP contribution in [-0.4, -0.2) is 43.9 Å². The lowest BCUT2D eigenvalue weighted by Crippen LogP contribution is -2.53. The highest BCUT2D eigenvalue weighted by Gasteiger charge is 2.39. The normalized spacial score (nSPS) is 31.3. The van der Waals surface area contributed by atoms with Gasteiger partial charge in [0.15, 0.2) is 0 Å². The van der Waals surface area contributed by atoms with E-state index in [0.717, 1.165) is 12.8 Å². The van der Waals surface area contributed by atoms with Crippen molar-refractivity contribution in [2.24, 2.45) is 5.92 Å². The fourth-order valence-corrected chi connectivity index (χ4v) is 4.86. The van der Waals surface area contributed by atoms with E-state index in [1.165, 1.54) is 12.8 Å².